The molecule has 0 unspecified atom stereocenters. The van der Waals surface area contributed by atoms with Crippen molar-refractivity contribution in [3.05, 3.63) is 69.2 Å². The number of hydrogen-bond acceptors (Lipinski definition) is 0. The molecule has 0 N–H and O–H groups in total. The fourth-order valence-corrected chi connectivity index (χ4v) is 2.20. The van der Waals surface area contributed by atoms with Gasteiger partial charge >= 0.3 is 6.18 Å². The molecule has 0 heterocycles. The number of aryl methyl sites for hydroxylation is 1. The predicted octanol–water partition coefficient (Wildman–Crippen LogP) is 5.37. The van der Waals surface area contributed by atoms with E-state index in [-0.39, 0.29) is 0 Å². The molecule has 0 saturated heterocycles. The van der Waals surface area contributed by atoms with Crippen molar-refractivity contribution in [1.82, 2.24) is 0 Å². The summed E-state index contributed by atoms with van der Waals surface area (Å²) in [5.74, 6) is 0. The maximum absolute atomic E-state index is 12.7. The molecule has 0 radical (unpaired) electrons. The van der Waals surface area contributed by atoms with Crippen LogP contribution in [0.3, 0.4) is 0 Å². The van der Waals surface area contributed by atoms with Crippen molar-refractivity contribution >= 4 is 15.9 Å². The largest absolute Gasteiger partial charge is 0.416 e. The van der Waals surface area contributed by atoms with Crippen LogP contribution in [-0.4, -0.2) is 0 Å². The molecule has 0 aromatic heterocycles. The Balaban J connectivity index is 2.31. The summed E-state index contributed by atoms with van der Waals surface area (Å²) in [6, 6.07) is 11.5. The van der Waals surface area contributed by atoms with E-state index in [0.29, 0.717) is 16.5 Å². The van der Waals surface area contributed by atoms with E-state index in [1.54, 1.807) is 0 Å². The highest BCUT2D eigenvalue weighted by atomic mass is 79.9. The number of hydrogen-bond donors (Lipinski definition) is 0. The van der Waals surface area contributed by atoms with Gasteiger partial charge in [0.25, 0.3) is 0 Å². The maximum atomic E-state index is 12.7. The van der Waals surface area contributed by atoms with Crippen molar-refractivity contribution in [1.29, 1.82) is 0 Å². The molecule has 0 aliphatic rings. The van der Waals surface area contributed by atoms with Gasteiger partial charge in [-0.3, -0.25) is 0 Å². The van der Waals surface area contributed by atoms with Gasteiger partial charge in [0.2, 0.25) is 0 Å². The number of alkyl halides is 3. The van der Waals surface area contributed by atoms with Crippen LogP contribution in [0.15, 0.2) is 46.9 Å². The van der Waals surface area contributed by atoms with Gasteiger partial charge in [-0.25, -0.2) is 0 Å². The zero-order valence-corrected chi connectivity index (χ0v) is 11.8. The van der Waals surface area contributed by atoms with E-state index in [1.807, 2.05) is 31.2 Å². The summed E-state index contributed by atoms with van der Waals surface area (Å²) in [6.07, 6.45) is -3.83. The summed E-state index contributed by atoms with van der Waals surface area (Å²) in [4.78, 5) is 0. The Labute approximate surface area is 118 Å². The van der Waals surface area contributed by atoms with Gasteiger partial charge in [-0.15, -0.1) is 0 Å². The van der Waals surface area contributed by atoms with Crippen molar-refractivity contribution in [2.24, 2.45) is 0 Å². The van der Waals surface area contributed by atoms with Crippen molar-refractivity contribution in [3.63, 3.8) is 0 Å². The highest BCUT2D eigenvalue weighted by Crippen LogP contribution is 2.32. The number of benzene rings is 2. The Hall–Kier alpha value is -1.29. The minimum absolute atomic E-state index is 0.477. The van der Waals surface area contributed by atoms with Crippen LogP contribution in [-0.2, 0) is 12.6 Å². The van der Waals surface area contributed by atoms with Crippen LogP contribution in [0.5, 0.6) is 0 Å². The zero-order chi connectivity index (χ0) is 14.0. The van der Waals surface area contributed by atoms with Crippen LogP contribution in [0.2, 0.25) is 0 Å². The smallest absolute Gasteiger partial charge is 0.166 e. The Morgan fingerprint density at radius 2 is 1.63 bits per heavy atom. The van der Waals surface area contributed by atoms with E-state index in [0.717, 1.165) is 17.2 Å². The summed E-state index contributed by atoms with van der Waals surface area (Å²) >= 11 is 3.30. The second-order valence-corrected chi connectivity index (χ2v) is 5.32. The van der Waals surface area contributed by atoms with E-state index >= 15 is 0 Å². The first-order chi connectivity index (χ1) is 8.86. The Morgan fingerprint density at radius 3 is 2.21 bits per heavy atom. The fourth-order valence-electron chi connectivity index (χ4n) is 1.81. The second kappa shape index (κ2) is 5.37. The van der Waals surface area contributed by atoms with Crippen LogP contribution in [0.25, 0.3) is 0 Å². The molecule has 100 valence electrons. The highest BCUT2D eigenvalue weighted by Gasteiger charge is 2.30. The first-order valence-corrected chi connectivity index (χ1v) is 6.57. The fraction of sp³-hybridized carbons (Fsp3) is 0.200. The van der Waals surface area contributed by atoms with Gasteiger partial charge in [-0.1, -0.05) is 45.8 Å². The van der Waals surface area contributed by atoms with Gasteiger partial charge in [-0.05, 0) is 42.7 Å². The average Bonchev–Trinajstić information content (AvgIpc) is 2.33. The molecule has 0 spiro atoms. The van der Waals surface area contributed by atoms with Crippen LogP contribution < -0.4 is 0 Å². The van der Waals surface area contributed by atoms with Crippen molar-refractivity contribution in [2.75, 3.05) is 0 Å². The Bertz CT molecular complexity index is 571. The quantitative estimate of drug-likeness (QED) is 0.695. The summed E-state index contributed by atoms with van der Waals surface area (Å²) in [5.41, 5.74) is 2.15. The summed E-state index contributed by atoms with van der Waals surface area (Å²) in [6.45, 7) is 1.98. The first kappa shape index (κ1) is 14.1. The molecule has 2 aromatic carbocycles. The lowest BCUT2D eigenvalue weighted by molar-refractivity contribution is -0.137. The van der Waals surface area contributed by atoms with E-state index in [9.17, 15) is 13.2 Å². The normalized spacial score (nSPS) is 11.6. The summed E-state index contributed by atoms with van der Waals surface area (Å²) < 4.78 is 38.7. The highest BCUT2D eigenvalue weighted by molar-refractivity contribution is 9.10. The third-order valence-corrected chi connectivity index (χ3v) is 3.66. The van der Waals surface area contributed by atoms with E-state index in [2.05, 4.69) is 15.9 Å². The van der Waals surface area contributed by atoms with Gasteiger partial charge in [0, 0.05) is 4.47 Å². The molecule has 0 aliphatic carbocycles. The first-order valence-electron chi connectivity index (χ1n) is 5.77. The molecule has 0 nitrogen and oxygen atoms in total. The Morgan fingerprint density at radius 1 is 1.00 bits per heavy atom. The summed E-state index contributed by atoms with van der Waals surface area (Å²) in [7, 11) is 0. The Kier molecular flexibility index (Phi) is 3.99. The average molecular weight is 329 g/mol. The predicted molar refractivity (Wildman–Crippen MR) is 73.1 cm³/mol. The van der Waals surface area contributed by atoms with Gasteiger partial charge in [0.1, 0.15) is 0 Å². The molecule has 0 atom stereocenters. The lowest BCUT2D eigenvalue weighted by Gasteiger charge is -2.11. The van der Waals surface area contributed by atoms with Gasteiger partial charge in [-0.2, -0.15) is 13.2 Å². The molecular formula is C15H12BrF3. The maximum Gasteiger partial charge on any atom is 0.416 e. The van der Waals surface area contributed by atoms with Crippen LogP contribution in [0, 0.1) is 6.92 Å². The zero-order valence-electron chi connectivity index (χ0n) is 10.3. The number of halogens is 4. The molecule has 19 heavy (non-hydrogen) atoms. The third-order valence-electron chi connectivity index (χ3n) is 2.89. The number of rotatable bonds is 2. The molecule has 4 heteroatoms. The molecule has 2 rings (SSSR count). The standard InChI is InChI=1S/C15H12BrF3/c1-10-2-4-11(5-3-10)8-12-9-13(15(17,18)19)6-7-14(12)16/h2-7,9H,8H2,1H3. The van der Waals surface area contributed by atoms with Crippen molar-refractivity contribution < 1.29 is 13.2 Å². The minimum Gasteiger partial charge on any atom is -0.166 e. The second-order valence-electron chi connectivity index (χ2n) is 4.47. The monoisotopic (exact) mass is 328 g/mol. The van der Waals surface area contributed by atoms with E-state index in [4.69, 9.17) is 0 Å². The summed E-state index contributed by atoms with van der Waals surface area (Å²) in [5, 5.41) is 0. The molecule has 0 bridgehead atoms. The van der Waals surface area contributed by atoms with Gasteiger partial charge in [0.15, 0.2) is 0 Å². The van der Waals surface area contributed by atoms with E-state index in [1.165, 1.54) is 12.1 Å². The molecule has 0 fully saturated rings. The lowest BCUT2D eigenvalue weighted by Crippen LogP contribution is -2.05. The minimum atomic E-state index is -4.30. The van der Waals surface area contributed by atoms with Crippen molar-refractivity contribution in [3.8, 4) is 0 Å². The van der Waals surface area contributed by atoms with Crippen LogP contribution in [0.1, 0.15) is 22.3 Å². The third kappa shape index (κ3) is 3.60. The van der Waals surface area contributed by atoms with Gasteiger partial charge in [0.05, 0.1) is 5.56 Å². The van der Waals surface area contributed by atoms with Crippen molar-refractivity contribution in [2.45, 2.75) is 19.5 Å². The molecule has 0 aliphatic heterocycles. The molecule has 2 aromatic rings. The molecular weight excluding hydrogens is 317 g/mol. The molecule has 0 saturated carbocycles. The lowest BCUT2D eigenvalue weighted by atomic mass is 10.0. The van der Waals surface area contributed by atoms with Crippen LogP contribution >= 0.6 is 15.9 Å². The molecule has 0 amide bonds. The van der Waals surface area contributed by atoms with E-state index < -0.39 is 11.7 Å². The SMILES string of the molecule is Cc1ccc(Cc2cc(C(F)(F)F)ccc2Br)cc1. The topological polar surface area (TPSA) is 0 Å². The van der Waals surface area contributed by atoms with Crippen LogP contribution in [0.4, 0.5) is 13.2 Å². The van der Waals surface area contributed by atoms with Gasteiger partial charge < -0.3 is 0 Å².